The third kappa shape index (κ3) is 5.18. The van der Waals surface area contributed by atoms with Crippen LogP contribution in [0.3, 0.4) is 0 Å². The fourth-order valence-corrected chi connectivity index (χ4v) is 4.05. The molecule has 0 fully saturated rings. The van der Waals surface area contributed by atoms with Crippen molar-refractivity contribution in [1.82, 2.24) is 14.8 Å². The molecule has 166 valence electrons. The Bertz CT molecular complexity index is 1130. The second kappa shape index (κ2) is 10.6. The number of nitro benzene ring substituents is 1. The lowest BCUT2D eigenvalue weighted by atomic mass is 10.2. The number of ether oxygens (including phenoxy) is 2. The zero-order valence-electron chi connectivity index (χ0n) is 18.1. The van der Waals surface area contributed by atoms with Crippen LogP contribution in [0.15, 0.2) is 46.5 Å². The summed E-state index contributed by atoms with van der Waals surface area (Å²) in [5.74, 6) is 1.93. The SMILES string of the molecule is CCCCCn1c(Sc2ccc(C#N)c([N+](=O)[O-])c2)nnc1-c1cc(OC)cc(OC)c1. The summed E-state index contributed by atoms with van der Waals surface area (Å²) in [4.78, 5) is 11.4. The molecule has 0 saturated carbocycles. The minimum Gasteiger partial charge on any atom is -0.497 e. The van der Waals surface area contributed by atoms with Crippen LogP contribution in [-0.2, 0) is 6.54 Å². The van der Waals surface area contributed by atoms with Gasteiger partial charge < -0.3 is 14.0 Å². The van der Waals surface area contributed by atoms with E-state index in [2.05, 4.69) is 17.1 Å². The van der Waals surface area contributed by atoms with Crippen LogP contribution in [0, 0.1) is 21.4 Å². The number of hydrogen-bond acceptors (Lipinski definition) is 8. The summed E-state index contributed by atoms with van der Waals surface area (Å²) in [5.41, 5.74) is 0.586. The van der Waals surface area contributed by atoms with Crippen molar-refractivity contribution in [3.05, 3.63) is 52.1 Å². The second-order valence-electron chi connectivity index (χ2n) is 6.92. The van der Waals surface area contributed by atoms with E-state index in [4.69, 9.17) is 14.7 Å². The van der Waals surface area contributed by atoms with Crippen molar-refractivity contribution in [3.63, 3.8) is 0 Å². The maximum atomic E-state index is 11.3. The minimum atomic E-state index is -0.553. The normalized spacial score (nSPS) is 10.6. The largest absolute Gasteiger partial charge is 0.497 e. The number of benzene rings is 2. The first-order valence-electron chi connectivity index (χ1n) is 10.0. The van der Waals surface area contributed by atoms with E-state index in [9.17, 15) is 10.1 Å². The van der Waals surface area contributed by atoms with Gasteiger partial charge in [-0.2, -0.15) is 5.26 Å². The fraction of sp³-hybridized carbons (Fsp3) is 0.318. The lowest BCUT2D eigenvalue weighted by Crippen LogP contribution is -2.03. The highest BCUT2D eigenvalue weighted by molar-refractivity contribution is 7.99. The van der Waals surface area contributed by atoms with Crippen molar-refractivity contribution >= 4 is 17.4 Å². The molecule has 0 saturated heterocycles. The van der Waals surface area contributed by atoms with E-state index in [1.807, 2.05) is 22.8 Å². The average molecular weight is 454 g/mol. The number of nitrogens with zero attached hydrogens (tertiary/aromatic N) is 5. The molecule has 3 rings (SSSR count). The van der Waals surface area contributed by atoms with E-state index in [-0.39, 0.29) is 11.3 Å². The van der Waals surface area contributed by atoms with Crippen molar-refractivity contribution in [2.24, 2.45) is 0 Å². The highest BCUT2D eigenvalue weighted by Gasteiger charge is 2.19. The molecule has 9 nitrogen and oxygen atoms in total. The van der Waals surface area contributed by atoms with Gasteiger partial charge in [0.15, 0.2) is 11.0 Å². The molecule has 0 bridgehead atoms. The topological polar surface area (TPSA) is 116 Å². The number of hydrogen-bond donors (Lipinski definition) is 0. The molecule has 3 aromatic rings. The molecule has 10 heteroatoms. The van der Waals surface area contributed by atoms with E-state index in [0.717, 1.165) is 24.8 Å². The Morgan fingerprint density at radius 1 is 1.12 bits per heavy atom. The van der Waals surface area contributed by atoms with Crippen LogP contribution >= 0.6 is 11.8 Å². The maximum absolute atomic E-state index is 11.3. The van der Waals surface area contributed by atoms with Crippen molar-refractivity contribution in [1.29, 1.82) is 5.26 Å². The molecule has 0 spiro atoms. The number of nitro groups is 1. The van der Waals surface area contributed by atoms with Crippen molar-refractivity contribution in [2.75, 3.05) is 14.2 Å². The standard InChI is InChI=1S/C22H23N5O4S/c1-4-5-6-9-26-21(16-10-17(30-2)12-18(11-16)31-3)24-25-22(26)32-19-8-7-15(14-23)20(13-19)27(28)29/h7-8,10-13H,4-6,9H2,1-3H3. The summed E-state index contributed by atoms with van der Waals surface area (Å²) < 4.78 is 12.8. The molecule has 1 heterocycles. The van der Waals surface area contributed by atoms with Gasteiger partial charge in [-0.3, -0.25) is 10.1 Å². The lowest BCUT2D eigenvalue weighted by molar-refractivity contribution is -0.385. The summed E-state index contributed by atoms with van der Waals surface area (Å²) in [7, 11) is 3.17. The Morgan fingerprint density at radius 2 is 1.84 bits per heavy atom. The molecule has 0 radical (unpaired) electrons. The van der Waals surface area contributed by atoms with Gasteiger partial charge in [-0.25, -0.2) is 0 Å². The zero-order chi connectivity index (χ0) is 23.1. The molecule has 1 aromatic heterocycles. The highest BCUT2D eigenvalue weighted by Crippen LogP contribution is 2.35. The van der Waals surface area contributed by atoms with E-state index in [1.165, 1.54) is 23.9 Å². The van der Waals surface area contributed by atoms with Gasteiger partial charge in [0.25, 0.3) is 5.69 Å². The zero-order valence-corrected chi connectivity index (χ0v) is 18.9. The van der Waals surface area contributed by atoms with E-state index in [1.54, 1.807) is 26.4 Å². The monoisotopic (exact) mass is 453 g/mol. The Labute approximate surface area is 190 Å². The van der Waals surface area contributed by atoms with E-state index in [0.29, 0.717) is 33.9 Å². The van der Waals surface area contributed by atoms with Crippen LogP contribution in [-0.4, -0.2) is 33.9 Å². The third-order valence-electron chi connectivity index (χ3n) is 4.81. The fourth-order valence-electron chi connectivity index (χ4n) is 3.16. The Morgan fingerprint density at radius 3 is 2.44 bits per heavy atom. The molecule has 0 unspecified atom stereocenters. The summed E-state index contributed by atoms with van der Waals surface area (Å²) in [6.45, 7) is 2.82. The van der Waals surface area contributed by atoms with Gasteiger partial charge in [0.05, 0.1) is 19.1 Å². The minimum absolute atomic E-state index is 0.0212. The predicted octanol–water partition coefficient (Wildman–Crippen LogP) is 5.08. The molecule has 0 aliphatic heterocycles. The van der Waals surface area contributed by atoms with Gasteiger partial charge in [0.2, 0.25) is 0 Å². The summed E-state index contributed by atoms with van der Waals surface area (Å²) >= 11 is 1.27. The molecule has 0 aliphatic carbocycles. The van der Waals surface area contributed by atoms with Crippen molar-refractivity contribution in [3.8, 4) is 29.0 Å². The Balaban J connectivity index is 2.03. The number of methoxy groups -OCH3 is 2. The van der Waals surface area contributed by atoms with Gasteiger partial charge in [0, 0.05) is 29.1 Å². The van der Waals surface area contributed by atoms with Crippen LogP contribution in [0.5, 0.6) is 11.5 Å². The molecule has 32 heavy (non-hydrogen) atoms. The van der Waals surface area contributed by atoms with Crippen LogP contribution in [0.2, 0.25) is 0 Å². The Hall–Kier alpha value is -3.58. The van der Waals surface area contributed by atoms with Gasteiger partial charge in [0.1, 0.15) is 23.1 Å². The van der Waals surface area contributed by atoms with E-state index >= 15 is 0 Å². The molecule has 0 atom stereocenters. The predicted molar refractivity (Wildman–Crippen MR) is 120 cm³/mol. The number of rotatable bonds is 10. The molecular formula is C22H23N5O4S. The van der Waals surface area contributed by atoms with Crippen LogP contribution in [0.1, 0.15) is 31.7 Å². The summed E-state index contributed by atoms with van der Waals surface area (Å²) in [5, 5.41) is 29.8. The van der Waals surface area contributed by atoms with Gasteiger partial charge in [-0.1, -0.05) is 19.8 Å². The molecule has 0 amide bonds. The first-order valence-corrected chi connectivity index (χ1v) is 10.8. The highest BCUT2D eigenvalue weighted by atomic mass is 32.2. The second-order valence-corrected chi connectivity index (χ2v) is 7.96. The maximum Gasteiger partial charge on any atom is 0.288 e. The number of aromatic nitrogens is 3. The van der Waals surface area contributed by atoms with Crippen LogP contribution < -0.4 is 9.47 Å². The van der Waals surface area contributed by atoms with Gasteiger partial charge in [-0.15, -0.1) is 10.2 Å². The van der Waals surface area contributed by atoms with E-state index < -0.39 is 4.92 Å². The third-order valence-corrected chi connectivity index (χ3v) is 5.78. The summed E-state index contributed by atoms with van der Waals surface area (Å²) in [6, 6.07) is 11.9. The summed E-state index contributed by atoms with van der Waals surface area (Å²) in [6.07, 6.45) is 3.05. The first-order chi connectivity index (χ1) is 15.5. The first kappa shape index (κ1) is 23.1. The number of nitriles is 1. The van der Waals surface area contributed by atoms with Gasteiger partial charge in [-0.05, 0) is 42.4 Å². The molecule has 0 aliphatic rings. The molecule has 0 N–H and O–H groups in total. The van der Waals surface area contributed by atoms with Crippen molar-refractivity contribution < 1.29 is 14.4 Å². The lowest BCUT2D eigenvalue weighted by Gasteiger charge is -2.12. The van der Waals surface area contributed by atoms with Crippen LogP contribution in [0.25, 0.3) is 11.4 Å². The average Bonchev–Trinajstić information content (AvgIpc) is 3.21. The smallest absolute Gasteiger partial charge is 0.288 e. The van der Waals surface area contributed by atoms with Crippen molar-refractivity contribution in [2.45, 2.75) is 42.8 Å². The Kier molecular flexibility index (Phi) is 7.68. The number of unbranched alkanes of at least 4 members (excludes halogenated alkanes) is 2. The van der Waals surface area contributed by atoms with Crippen LogP contribution in [0.4, 0.5) is 5.69 Å². The quantitative estimate of drug-likeness (QED) is 0.237. The van der Waals surface area contributed by atoms with Gasteiger partial charge >= 0.3 is 0 Å². The molecule has 2 aromatic carbocycles. The molecular weight excluding hydrogens is 430 g/mol.